The third-order valence-corrected chi connectivity index (χ3v) is 2.56. The highest BCUT2D eigenvalue weighted by Crippen LogP contribution is 2.48. The van der Waals surface area contributed by atoms with Gasteiger partial charge in [0.1, 0.15) is 5.75 Å². The molecule has 0 amide bonds. The van der Waals surface area contributed by atoms with Gasteiger partial charge >= 0.3 is 12.1 Å². The van der Waals surface area contributed by atoms with E-state index in [4.69, 9.17) is 5.26 Å². The largest absolute Gasteiger partial charge is 0.496 e. The minimum atomic E-state index is -5.94. The van der Waals surface area contributed by atoms with Gasteiger partial charge in [-0.15, -0.1) is 0 Å². The van der Waals surface area contributed by atoms with Crippen molar-refractivity contribution in [3.63, 3.8) is 0 Å². The van der Waals surface area contributed by atoms with Crippen LogP contribution in [0.1, 0.15) is 11.1 Å². The second-order valence-electron chi connectivity index (χ2n) is 3.85. The molecule has 0 spiro atoms. The maximum absolute atomic E-state index is 13.4. The molecule has 0 heterocycles. The van der Waals surface area contributed by atoms with Crippen molar-refractivity contribution in [3.8, 4) is 11.8 Å². The van der Waals surface area contributed by atoms with Gasteiger partial charge in [0.05, 0.1) is 30.1 Å². The van der Waals surface area contributed by atoms with Crippen LogP contribution in [0.2, 0.25) is 0 Å². The lowest BCUT2D eigenvalue weighted by atomic mass is 10.0. The first-order chi connectivity index (χ1) is 9.56. The summed E-state index contributed by atoms with van der Waals surface area (Å²) in [5.41, 5.74) is -3.00. The summed E-state index contributed by atoms with van der Waals surface area (Å²) in [6, 6.07) is 2.27. The maximum atomic E-state index is 13.4. The number of alkyl halides is 5. The van der Waals surface area contributed by atoms with E-state index in [1.54, 1.807) is 6.07 Å². The number of rotatable bonds is 4. The van der Waals surface area contributed by atoms with Gasteiger partial charge in [-0.2, -0.15) is 27.2 Å². The zero-order valence-electron chi connectivity index (χ0n) is 10.4. The van der Waals surface area contributed by atoms with Gasteiger partial charge in [-0.05, 0) is 6.07 Å². The summed E-state index contributed by atoms with van der Waals surface area (Å²) in [6.45, 7) is 0. The summed E-state index contributed by atoms with van der Waals surface area (Å²) in [7, 11) is 0.841. The van der Waals surface area contributed by atoms with Crippen molar-refractivity contribution in [1.29, 1.82) is 5.26 Å². The maximum Gasteiger partial charge on any atom is 0.458 e. The molecule has 0 aliphatic carbocycles. The van der Waals surface area contributed by atoms with E-state index in [0.717, 1.165) is 7.11 Å². The molecule has 5 nitrogen and oxygen atoms in total. The predicted molar refractivity (Wildman–Crippen MR) is 58.9 cm³/mol. The van der Waals surface area contributed by atoms with Crippen LogP contribution in [0.5, 0.6) is 5.75 Å². The standard InChI is InChI=1S/C11H7F5N2O3/c1-21-9-4-6(2-3-17)8(18(19)20)5-7(9)10(12,13)11(14,15)16/h4-5H,2H2,1H3. The first-order valence-electron chi connectivity index (χ1n) is 5.23. The van der Waals surface area contributed by atoms with Gasteiger partial charge in [0.15, 0.2) is 0 Å². The molecule has 0 saturated heterocycles. The molecule has 0 fully saturated rings. The molecule has 0 unspecified atom stereocenters. The Morgan fingerprint density at radius 3 is 2.29 bits per heavy atom. The molecular weight excluding hydrogens is 303 g/mol. The first kappa shape index (κ1) is 16.6. The highest BCUT2D eigenvalue weighted by Gasteiger charge is 2.60. The second-order valence-corrected chi connectivity index (χ2v) is 3.85. The number of methoxy groups -OCH3 is 1. The number of benzene rings is 1. The van der Waals surface area contributed by atoms with E-state index in [0.29, 0.717) is 6.07 Å². The molecule has 0 radical (unpaired) electrons. The first-order valence-corrected chi connectivity index (χ1v) is 5.23. The Morgan fingerprint density at radius 1 is 1.33 bits per heavy atom. The number of ether oxygens (including phenoxy) is 1. The quantitative estimate of drug-likeness (QED) is 0.485. The highest BCUT2D eigenvalue weighted by atomic mass is 19.4. The van der Waals surface area contributed by atoms with Crippen molar-refractivity contribution < 1.29 is 31.6 Å². The van der Waals surface area contributed by atoms with E-state index in [1.165, 1.54) is 0 Å². The van der Waals surface area contributed by atoms with E-state index in [1.807, 2.05) is 0 Å². The average Bonchev–Trinajstić information content (AvgIpc) is 2.36. The Bertz CT molecular complexity index is 607. The predicted octanol–water partition coefficient (Wildman–Crippen LogP) is 3.32. The lowest BCUT2D eigenvalue weighted by Crippen LogP contribution is -2.34. The van der Waals surface area contributed by atoms with Crippen LogP contribution in [-0.2, 0) is 12.3 Å². The van der Waals surface area contributed by atoms with Crippen molar-refractivity contribution >= 4 is 5.69 Å². The van der Waals surface area contributed by atoms with Crippen LogP contribution in [-0.4, -0.2) is 18.2 Å². The zero-order valence-corrected chi connectivity index (χ0v) is 10.4. The van der Waals surface area contributed by atoms with Gasteiger partial charge in [0.2, 0.25) is 0 Å². The molecule has 1 rings (SSSR count). The number of nitriles is 1. The zero-order chi connectivity index (χ0) is 16.4. The van der Waals surface area contributed by atoms with Crippen LogP contribution < -0.4 is 4.74 Å². The Morgan fingerprint density at radius 2 is 1.90 bits per heavy atom. The average molecular weight is 310 g/mol. The summed E-state index contributed by atoms with van der Waals surface area (Å²) in [5, 5.41) is 19.3. The molecule has 0 aliphatic heterocycles. The van der Waals surface area contributed by atoms with Gasteiger partial charge in [-0.25, -0.2) is 0 Å². The SMILES string of the molecule is COc1cc(CC#N)c([N+](=O)[O-])cc1C(F)(F)C(F)(F)F. The number of nitrogens with zero attached hydrogens (tertiary/aromatic N) is 2. The molecule has 1 aromatic carbocycles. The minimum Gasteiger partial charge on any atom is -0.496 e. The smallest absolute Gasteiger partial charge is 0.458 e. The summed E-state index contributed by atoms with van der Waals surface area (Å²) in [6.07, 6.45) is -6.48. The topological polar surface area (TPSA) is 76.2 Å². The molecule has 21 heavy (non-hydrogen) atoms. The van der Waals surface area contributed by atoms with Crippen molar-refractivity contribution in [1.82, 2.24) is 0 Å². The van der Waals surface area contributed by atoms with Crippen LogP contribution in [0.25, 0.3) is 0 Å². The van der Waals surface area contributed by atoms with Crippen molar-refractivity contribution in [2.24, 2.45) is 0 Å². The molecule has 1 aromatic rings. The van der Waals surface area contributed by atoms with Crippen molar-refractivity contribution in [3.05, 3.63) is 33.4 Å². The monoisotopic (exact) mass is 310 g/mol. The fourth-order valence-corrected chi connectivity index (χ4v) is 1.57. The number of nitro groups is 1. The normalized spacial score (nSPS) is 11.9. The minimum absolute atomic E-state index is 0.0823. The second kappa shape index (κ2) is 5.51. The van der Waals surface area contributed by atoms with Gasteiger partial charge in [-0.1, -0.05) is 0 Å². The van der Waals surface area contributed by atoms with Crippen LogP contribution in [0.4, 0.5) is 27.6 Å². The van der Waals surface area contributed by atoms with E-state index in [2.05, 4.69) is 4.74 Å². The number of halogens is 5. The molecule has 0 aliphatic rings. The molecule has 114 valence electrons. The molecule has 0 N–H and O–H groups in total. The fraction of sp³-hybridized carbons (Fsp3) is 0.364. The van der Waals surface area contributed by atoms with Crippen LogP contribution in [0, 0.1) is 21.4 Å². The van der Waals surface area contributed by atoms with Crippen LogP contribution in [0.3, 0.4) is 0 Å². The number of hydrogen-bond acceptors (Lipinski definition) is 4. The Balaban J connectivity index is 3.64. The van der Waals surface area contributed by atoms with E-state index < -0.39 is 40.4 Å². The molecule has 0 bridgehead atoms. The lowest BCUT2D eigenvalue weighted by Gasteiger charge is -2.22. The van der Waals surface area contributed by atoms with Crippen LogP contribution in [0.15, 0.2) is 12.1 Å². The van der Waals surface area contributed by atoms with Crippen molar-refractivity contribution in [2.75, 3.05) is 7.11 Å². The number of hydrogen-bond donors (Lipinski definition) is 0. The Kier molecular flexibility index (Phi) is 4.36. The number of nitro benzene ring substituents is 1. The third kappa shape index (κ3) is 3.01. The third-order valence-electron chi connectivity index (χ3n) is 2.56. The lowest BCUT2D eigenvalue weighted by molar-refractivity contribution is -0.385. The van der Waals surface area contributed by atoms with Gasteiger partial charge in [0, 0.05) is 11.6 Å². The summed E-state index contributed by atoms with van der Waals surface area (Å²) < 4.78 is 68.4. The summed E-state index contributed by atoms with van der Waals surface area (Å²) >= 11 is 0. The fourth-order valence-electron chi connectivity index (χ4n) is 1.57. The molecular formula is C11H7F5N2O3. The highest BCUT2D eigenvalue weighted by molar-refractivity contribution is 5.53. The molecule has 0 atom stereocenters. The summed E-state index contributed by atoms with van der Waals surface area (Å²) in [5.74, 6) is -6.21. The Labute approximate surface area is 114 Å². The molecule has 0 saturated carbocycles. The molecule has 10 heteroatoms. The van der Waals surface area contributed by atoms with Gasteiger partial charge in [-0.3, -0.25) is 10.1 Å². The summed E-state index contributed by atoms with van der Waals surface area (Å²) in [4.78, 5) is 9.62. The van der Waals surface area contributed by atoms with Crippen LogP contribution >= 0.6 is 0 Å². The van der Waals surface area contributed by atoms with E-state index >= 15 is 0 Å². The van der Waals surface area contributed by atoms with Crippen molar-refractivity contribution in [2.45, 2.75) is 18.5 Å². The van der Waals surface area contributed by atoms with Gasteiger partial charge in [0.25, 0.3) is 5.69 Å². The van der Waals surface area contributed by atoms with E-state index in [9.17, 15) is 32.1 Å². The van der Waals surface area contributed by atoms with E-state index in [-0.39, 0.29) is 11.6 Å². The van der Waals surface area contributed by atoms with Gasteiger partial charge < -0.3 is 4.74 Å². The molecule has 0 aromatic heterocycles. The Hall–Kier alpha value is -2.44.